The van der Waals surface area contributed by atoms with Crippen molar-refractivity contribution in [3.05, 3.63) is 18.2 Å². The fourth-order valence-corrected chi connectivity index (χ4v) is 0.905. The van der Waals surface area contributed by atoms with Gasteiger partial charge in [-0.15, -0.1) is 0 Å². The molecule has 0 unspecified atom stereocenters. The van der Waals surface area contributed by atoms with Gasteiger partial charge in [-0.25, -0.2) is 4.98 Å². The Morgan fingerprint density at radius 2 is 2.33 bits per heavy atom. The maximum absolute atomic E-state index is 11.7. The second-order valence-electron chi connectivity index (χ2n) is 3.53. The predicted molar refractivity (Wildman–Crippen MR) is 47.0 cm³/mol. The van der Waals surface area contributed by atoms with E-state index in [1.807, 2.05) is 20.8 Å². The third kappa shape index (κ3) is 1.55. The highest BCUT2D eigenvalue weighted by Gasteiger charge is 2.27. The van der Waals surface area contributed by atoms with Crippen molar-refractivity contribution in [3.63, 3.8) is 0 Å². The Hall–Kier alpha value is -1.12. The minimum absolute atomic E-state index is 0.127. The number of carbonyl (C=O) groups is 1. The monoisotopic (exact) mass is 166 g/mol. The summed E-state index contributed by atoms with van der Waals surface area (Å²) in [5, 5.41) is 0. The van der Waals surface area contributed by atoms with Gasteiger partial charge in [0.15, 0.2) is 5.78 Å². The van der Waals surface area contributed by atoms with Gasteiger partial charge in [0.1, 0.15) is 5.69 Å². The third-order valence-electron chi connectivity index (χ3n) is 2.24. The van der Waals surface area contributed by atoms with Crippen molar-refractivity contribution in [1.82, 2.24) is 9.97 Å². The van der Waals surface area contributed by atoms with Crippen molar-refractivity contribution < 1.29 is 4.79 Å². The van der Waals surface area contributed by atoms with Gasteiger partial charge in [0.25, 0.3) is 0 Å². The van der Waals surface area contributed by atoms with E-state index < -0.39 is 0 Å². The lowest BCUT2D eigenvalue weighted by Gasteiger charge is -2.19. The molecule has 1 N–H and O–H groups in total. The number of hydrogen-bond donors (Lipinski definition) is 1. The summed E-state index contributed by atoms with van der Waals surface area (Å²) in [6.45, 7) is 5.89. The number of H-pyrrole nitrogens is 1. The van der Waals surface area contributed by atoms with Crippen molar-refractivity contribution >= 4 is 5.78 Å². The molecule has 0 amide bonds. The summed E-state index contributed by atoms with van der Waals surface area (Å²) < 4.78 is 0. The summed E-state index contributed by atoms with van der Waals surface area (Å²) in [5.74, 6) is 0.127. The lowest BCUT2D eigenvalue weighted by molar-refractivity contribution is 0.0828. The number of ketones is 1. The van der Waals surface area contributed by atoms with Crippen LogP contribution in [-0.2, 0) is 0 Å². The third-order valence-corrected chi connectivity index (χ3v) is 2.24. The molecule has 12 heavy (non-hydrogen) atoms. The quantitative estimate of drug-likeness (QED) is 0.698. The van der Waals surface area contributed by atoms with Gasteiger partial charge >= 0.3 is 0 Å². The van der Waals surface area contributed by atoms with Gasteiger partial charge in [-0.1, -0.05) is 20.8 Å². The largest absolute Gasteiger partial charge is 0.342 e. The highest BCUT2D eigenvalue weighted by Crippen LogP contribution is 2.24. The van der Waals surface area contributed by atoms with Gasteiger partial charge < -0.3 is 4.98 Å². The molecule has 0 atom stereocenters. The molecule has 0 aromatic carbocycles. The Labute approximate surface area is 72.2 Å². The smallest absolute Gasteiger partial charge is 0.186 e. The topological polar surface area (TPSA) is 45.8 Å². The van der Waals surface area contributed by atoms with Gasteiger partial charge in [0.05, 0.1) is 12.5 Å². The van der Waals surface area contributed by atoms with Gasteiger partial charge in [0, 0.05) is 5.41 Å². The van der Waals surface area contributed by atoms with Gasteiger partial charge in [0.2, 0.25) is 0 Å². The number of nitrogens with one attached hydrogen (secondary N) is 1. The molecule has 0 bridgehead atoms. The number of Topliss-reactive ketones (excluding diaryl/α,β-unsaturated/α-hetero) is 1. The number of aromatic nitrogens is 2. The molecule has 0 saturated carbocycles. The molecule has 0 fully saturated rings. The molecule has 1 aromatic heterocycles. The molecule has 0 spiro atoms. The van der Waals surface area contributed by atoms with Crippen molar-refractivity contribution in [2.24, 2.45) is 5.41 Å². The van der Waals surface area contributed by atoms with E-state index in [0.29, 0.717) is 5.69 Å². The zero-order chi connectivity index (χ0) is 9.19. The van der Waals surface area contributed by atoms with Crippen LogP contribution in [0.5, 0.6) is 0 Å². The second kappa shape index (κ2) is 3.09. The molecule has 3 heteroatoms. The molecule has 1 heterocycles. The Morgan fingerprint density at radius 1 is 1.67 bits per heavy atom. The zero-order valence-electron chi connectivity index (χ0n) is 7.72. The minimum Gasteiger partial charge on any atom is -0.342 e. The Balaban J connectivity index is 2.86. The highest BCUT2D eigenvalue weighted by atomic mass is 16.1. The van der Waals surface area contributed by atoms with Crippen LogP contribution in [0.2, 0.25) is 0 Å². The molecule has 0 aliphatic carbocycles. The van der Waals surface area contributed by atoms with Gasteiger partial charge in [-0.3, -0.25) is 4.79 Å². The average Bonchev–Trinajstić information content (AvgIpc) is 2.55. The van der Waals surface area contributed by atoms with Crippen LogP contribution in [0.4, 0.5) is 0 Å². The number of hydrogen-bond acceptors (Lipinski definition) is 2. The first kappa shape index (κ1) is 8.97. The van der Waals surface area contributed by atoms with E-state index in [2.05, 4.69) is 9.97 Å². The number of rotatable bonds is 3. The molecule has 1 rings (SSSR count). The van der Waals surface area contributed by atoms with E-state index in [9.17, 15) is 4.79 Å². The second-order valence-corrected chi connectivity index (χ2v) is 3.53. The van der Waals surface area contributed by atoms with Crippen LogP contribution in [0, 0.1) is 5.41 Å². The summed E-state index contributed by atoms with van der Waals surface area (Å²) in [6.07, 6.45) is 3.93. The number of nitrogens with zero attached hydrogens (tertiary/aromatic N) is 1. The van der Waals surface area contributed by atoms with E-state index in [-0.39, 0.29) is 11.2 Å². The van der Waals surface area contributed by atoms with Crippen molar-refractivity contribution in [3.8, 4) is 0 Å². The molecule has 0 saturated heterocycles. The van der Waals surface area contributed by atoms with Crippen LogP contribution in [0.3, 0.4) is 0 Å². The molecule has 0 aliphatic rings. The van der Waals surface area contributed by atoms with Crippen LogP contribution in [0.1, 0.15) is 37.7 Å². The van der Waals surface area contributed by atoms with Crippen LogP contribution in [0.25, 0.3) is 0 Å². The molecular weight excluding hydrogens is 152 g/mol. The summed E-state index contributed by atoms with van der Waals surface area (Å²) in [4.78, 5) is 18.3. The predicted octanol–water partition coefficient (Wildman–Crippen LogP) is 2.03. The number of carbonyl (C=O) groups excluding carboxylic acids is 1. The summed E-state index contributed by atoms with van der Waals surface area (Å²) in [5.41, 5.74) is 0.314. The molecule has 1 aromatic rings. The first-order chi connectivity index (χ1) is 5.58. The highest BCUT2D eigenvalue weighted by molar-refractivity contribution is 5.98. The summed E-state index contributed by atoms with van der Waals surface area (Å²) in [7, 11) is 0. The first-order valence-corrected chi connectivity index (χ1v) is 4.11. The number of aromatic amines is 1. The molecular formula is C9H14N2O. The molecule has 3 nitrogen and oxygen atoms in total. The van der Waals surface area contributed by atoms with Crippen molar-refractivity contribution in [2.75, 3.05) is 0 Å². The Kier molecular flexibility index (Phi) is 2.31. The van der Waals surface area contributed by atoms with Crippen molar-refractivity contribution in [2.45, 2.75) is 27.2 Å². The van der Waals surface area contributed by atoms with E-state index >= 15 is 0 Å². The SMILES string of the molecule is CCC(C)(C)C(=O)c1cnc[nH]1. The summed E-state index contributed by atoms with van der Waals surface area (Å²) in [6, 6.07) is 0. The number of imidazole rings is 1. The van der Waals surface area contributed by atoms with E-state index in [0.717, 1.165) is 6.42 Å². The fourth-order valence-electron chi connectivity index (χ4n) is 0.905. The normalized spacial score (nSPS) is 11.6. The Bertz CT molecular complexity index is 262. The van der Waals surface area contributed by atoms with Crippen LogP contribution in [0.15, 0.2) is 12.5 Å². The van der Waals surface area contributed by atoms with Crippen molar-refractivity contribution in [1.29, 1.82) is 0 Å². The van der Waals surface area contributed by atoms with E-state index in [1.54, 1.807) is 6.20 Å². The lowest BCUT2D eigenvalue weighted by atomic mass is 9.84. The maximum Gasteiger partial charge on any atom is 0.186 e. The standard InChI is InChI=1S/C9H14N2O/c1-4-9(2,3)8(12)7-5-10-6-11-7/h5-6H,4H2,1-3H3,(H,10,11). The van der Waals surface area contributed by atoms with Gasteiger partial charge in [-0.2, -0.15) is 0 Å². The zero-order valence-corrected chi connectivity index (χ0v) is 7.72. The van der Waals surface area contributed by atoms with E-state index in [1.165, 1.54) is 6.33 Å². The van der Waals surface area contributed by atoms with Crippen LogP contribution >= 0.6 is 0 Å². The Morgan fingerprint density at radius 3 is 2.75 bits per heavy atom. The summed E-state index contributed by atoms with van der Waals surface area (Å²) >= 11 is 0. The molecule has 0 aliphatic heterocycles. The lowest BCUT2D eigenvalue weighted by Crippen LogP contribution is -2.23. The molecule has 0 radical (unpaired) electrons. The first-order valence-electron chi connectivity index (χ1n) is 4.11. The maximum atomic E-state index is 11.7. The fraction of sp³-hybridized carbons (Fsp3) is 0.556. The van der Waals surface area contributed by atoms with Crippen LogP contribution in [-0.4, -0.2) is 15.8 Å². The van der Waals surface area contributed by atoms with Crippen LogP contribution < -0.4 is 0 Å². The van der Waals surface area contributed by atoms with E-state index in [4.69, 9.17) is 0 Å². The molecule has 66 valence electrons. The minimum atomic E-state index is -0.285. The average molecular weight is 166 g/mol. The van der Waals surface area contributed by atoms with Gasteiger partial charge in [-0.05, 0) is 6.42 Å².